The van der Waals surface area contributed by atoms with Crippen molar-refractivity contribution in [2.24, 2.45) is 11.7 Å². The van der Waals surface area contributed by atoms with Crippen LogP contribution in [0.4, 0.5) is 0 Å². The highest BCUT2D eigenvalue weighted by atomic mass is 32.1. The van der Waals surface area contributed by atoms with Gasteiger partial charge in [0.1, 0.15) is 23.5 Å². The van der Waals surface area contributed by atoms with E-state index in [1.807, 2.05) is 13.8 Å². The lowest BCUT2D eigenvalue weighted by Crippen LogP contribution is -2.65. The van der Waals surface area contributed by atoms with Gasteiger partial charge in [0.25, 0.3) is 5.91 Å². The maximum absolute atomic E-state index is 13.0. The first-order valence-electron chi connectivity index (χ1n) is 10.8. The zero-order valence-electron chi connectivity index (χ0n) is 19.1. The number of benzene rings is 1. The molecule has 0 radical (unpaired) electrons. The smallest absolute Gasteiger partial charge is 0.252 e. The van der Waals surface area contributed by atoms with E-state index in [4.69, 9.17) is 22.7 Å². The van der Waals surface area contributed by atoms with Crippen molar-refractivity contribution in [3.63, 3.8) is 0 Å². The van der Waals surface area contributed by atoms with Gasteiger partial charge in [0.15, 0.2) is 5.11 Å². The van der Waals surface area contributed by atoms with Crippen LogP contribution < -0.4 is 26.4 Å². The van der Waals surface area contributed by atoms with Crippen LogP contribution in [0.25, 0.3) is 0 Å². The zero-order valence-corrected chi connectivity index (χ0v) is 19.9. The molecule has 184 valence electrons. The third-order valence-corrected chi connectivity index (χ3v) is 5.83. The predicted molar refractivity (Wildman–Crippen MR) is 126 cm³/mol. The summed E-state index contributed by atoms with van der Waals surface area (Å²) in [5.41, 5.74) is 4.16. The van der Waals surface area contributed by atoms with Gasteiger partial charge in [-0.3, -0.25) is 9.59 Å². The lowest BCUT2D eigenvalue weighted by atomic mass is 9.77. The summed E-state index contributed by atoms with van der Waals surface area (Å²) in [4.78, 5) is 24.9. The number of carbonyl (C=O) groups is 2. The van der Waals surface area contributed by atoms with E-state index in [9.17, 15) is 24.9 Å². The van der Waals surface area contributed by atoms with Crippen LogP contribution in [0.2, 0.25) is 0 Å². The molecule has 1 aromatic rings. The largest absolute Gasteiger partial charge is 0.497 e. The molecule has 8 N–H and O–H groups in total. The van der Waals surface area contributed by atoms with E-state index in [2.05, 4.69) is 16.0 Å². The maximum atomic E-state index is 13.0. The van der Waals surface area contributed by atoms with Gasteiger partial charge in [0, 0.05) is 25.8 Å². The molecule has 11 heteroatoms. The van der Waals surface area contributed by atoms with Crippen LogP contribution in [0.3, 0.4) is 0 Å². The van der Waals surface area contributed by atoms with E-state index in [1.54, 1.807) is 24.3 Å². The fraction of sp³-hybridized carbons (Fsp3) is 0.591. The van der Waals surface area contributed by atoms with Crippen molar-refractivity contribution >= 4 is 29.1 Å². The molecule has 33 heavy (non-hydrogen) atoms. The molecule has 1 aromatic carbocycles. The molecule has 10 nitrogen and oxygen atoms in total. The molecular formula is C22H34N4O6S. The van der Waals surface area contributed by atoms with Crippen LogP contribution in [-0.2, 0) is 16.0 Å². The predicted octanol–water partition coefficient (Wildman–Crippen LogP) is -1.06. The normalized spacial score (nSPS) is 25.7. The van der Waals surface area contributed by atoms with Gasteiger partial charge in [0.2, 0.25) is 5.91 Å². The molecule has 2 amide bonds. The highest BCUT2D eigenvalue weighted by Gasteiger charge is 2.49. The number of nitrogens with one attached hydrogen (secondary N) is 3. The molecule has 5 unspecified atom stereocenters. The summed E-state index contributed by atoms with van der Waals surface area (Å²) in [6.07, 6.45) is -3.15. The van der Waals surface area contributed by atoms with E-state index in [-0.39, 0.29) is 18.0 Å². The molecule has 1 saturated carbocycles. The minimum absolute atomic E-state index is 0.108. The molecule has 0 spiro atoms. The fourth-order valence-corrected chi connectivity index (χ4v) is 3.89. The monoisotopic (exact) mass is 482 g/mol. The first-order valence-corrected chi connectivity index (χ1v) is 11.2. The standard InChI is InChI=1S/C22H34N4O6S/c1-12(2)11-24-21(33)26-16-9-22(31,10-17(27)18(16)28)20(30)25-15(19(23)29)8-13-4-6-14(32-3)7-5-13/h4-7,12,15-18,27-28,31H,8-11H2,1-3H3,(H2,23,29)(H,25,30)(H2,24,26,33). The Morgan fingerprint density at radius 1 is 1.24 bits per heavy atom. The zero-order chi connectivity index (χ0) is 24.8. The first-order chi connectivity index (χ1) is 15.4. The van der Waals surface area contributed by atoms with Crippen LogP contribution in [0.15, 0.2) is 24.3 Å². The van der Waals surface area contributed by atoms with Crippen molar-refractivity contribution in [3.05, 3.63) is 29.8 Å². The van der Waals surface area contributed by atoms with Gasteiger partial charge >= 0.3 is 0 Å². The Morgan fingerprint density at radius 2 is 1.88 bits per heavy atom. The number of methoxy groups -OCH3 is 1. The number of carbonyl (C=O) groups excluding carboxylic acids is 2. The number of primary amides is 1. The van der Waals surface area contributed by atoms with Crippen molar-refractivity contribution in [1.82, 2.24) is 16.0 Å². The number of ether oxygens (including phenoxy) is 1. The average Bonchev–Trinajstić information content (AvgIpc) is 2.75. The van der Waals surface area contributed by atoms with E-state index in [0.29, 0.717) is 18.2 Å². The summed E-state index contributed by atoms with van der Waals surface area (Å²) in [5.74, 6) is -0.668. The SMILES string of the molecule is COc1ccc(CC(NC(=O)C2(O)CC(O)C(O)C(NC(=S)NCC(C)C)C2)C(N)=O)cc1. The van der Waals surface area contributed by atoms with Crippen molar-refractivity contribution in [1.29, 1.82) is 0 Å². The Bertz CT molecular complexity index is 837. The highest BCUT2D eigenvalue weighted by Crippen LogP contribution is 2.30. The summed E-state index contributed by atoms with van der Waals surface area (Å²) in [7, 11) is 1.53. The van der Waals surface area contributed by atoms with Gasteiger partial charge in [-0.2, -0.15) is 0 Å². The van der Waals surface area contributed by atoms with Crippen LogP contribution in [-0.4, -0.2) is 75.8 Å². The molecule has 0 heterocycles. The average molecular weight is 483 g/mol. The molecule has 0 saturated heterocycles. The first kappa shape index (κ1) is 26.8. The molecular weight excluding hydrogens is 448 g/mol. The van der Waals surface area contributed by atoms with Crippen molar-refractivity contribution in [3.8, 4) is 5.75 Å². The lowest BCUT2D eigenvalue weighted by molar-refractivity contribution is -0.158. The quantitative estimate of drug-likeness (QED) is 0.217. The number of thiocarbonyl (C=S) groups is 1. The van der Waals surface area contributed by atoms with Crippen molar-refractivity contribution < 1.29 is 29.6 Å². The topological polar surface area (TPSA) is 166 Å². The van der Waals surface area contributed by atoms with Gasteiger partial charge in [-0.05, 0) is 35.8 Å². The number of hydrogen-bond acceptors (Lipinski definition) is 7. The molecule has 1 fully saturated rings. The third kappa shape index (κ3) is 7.53. The van der Waals surface area contributed by atoms with Gasteiger partial charge in [0.05, 0.1) is 19.3 Å². The van der Waals surface area contributed by atoms with Crippen LogP contribution >= 0.6 is 12.2 Å². The summed E-state index contributed by atoms with van der Waals surface area (Å²) in [6.45, 7) is 4.59. The van der Waals surface area contributed by atoms with Gasteiger partial charge in [-0.1, -0.05) is 26.0 Å². The van der Waals surface area contributed by atoms with Crippen LogP contribution in [0, 0.1) is 5.92 Å². The number of rotatable bonds is 9. The lowest BCUT2D eigenvalue weighted by Gasteiger charge is -2.42. The second-order valence-electron chi connectivity index (χ2n) is 8.83. The van der Waals surface area contributed by atoms with Crippen LogP contribution in [0.5, 0.6) is 5.75 Å². The highest BCUT2D eigenvalue weighted by molar-refractivity contribution is 7.80. The number of aliphatic hydroxyl groups is 3. The molecule has 0 aliphatic heterocycles. The molecule has 5 atom stereocenters. The second-order valence-corrected chi connectivity index (χ2v) is 9.24. The Hall–Kier alpha value is -2.47. The Kier molecular flexibility index (Phi) is 9.41. The molecule has 2 rings (SSSR count). The summed E-state index contributed by atoms with van der Waals surface area (Å²) in [6, 6.07) is 4.94. The minimum atomic E-state index is -2.04. The maximum Gasteiger partial charge on any atom is 0.252 e. The summed E-state index contributed by atoms with van der Waals surface area (Å²) < 4.78 is 5.10. The number of amides is 2. The molecule has 0 aromatic heterocycles. The number of nitrogens with two attached hydrogens (primary N) is 1. The Morgan fingerprint density at radius 3 is 2.42 bits per heavy atom. The molecule has 1 aliphatic rings. The van der Waals surface area contributed by atoms with Crippen molar-refractivity contribution in [2.45, 2.75) is 63.0 Å². The summed E-state index contributed by atoms with van der Waals surface area (Å²) in [5, 5.41) is 40.3. The Labute approximate surface area is 198 Å². The van der Waals surface area contributed by atoms with Gasteiger partial charge in [-0.15, -0.1) is 0 Å². The minimum Gasteiger partial charge on any atom is -0.497 e. The summed E-state index contributed by atoms with van der Waals surface area (Å²) >= 11 is 5.21. The molecule has 1 aliphatic carbocycles. The number of aliphatic hydroxyl groups excluding tert-OH is 2. The van der Waals surface area contributed by atoms with Crippen LogP contribution in [0.1, 0.15) is 32.3 Å². The number of hydrogen-bond donors (Lipinski definition) is 7. The van der Waals surface area contributed by atoms with E-state index < -0.39 is 48.1 Å². The van der Waals surface area contributed by atoms with E-state index in [1.165, 1.54) is 7.11 Å². The second kappa shape index (κ2) is 11.6. The fourth-order valence-electron chi connectivity index (χ4n) is 3.65. The van der Waals surface area contributed by atoms with E-state index >= 15 is 0 Å². The Balaban J connectivity index is 2.08. The third-order valence-electron chi connectivity index (χ3n) is 5.57. The van der Waals surface area contributed by atoms with Gasteiger partial charge < -0.3 is 41.7 Å². The van der Waals surface area contributed by atoms with Crippen molar-refractivity contribution in [2.75, 3.05) is 13.7 Å². The molecule has 0 bridgehead atoms. The van der Waals surface area contributed by atoms with E-state index in [0.717, 1.165) is 5.56 Å². The van der Waals surface area contributed by atoms with Gasteiger partial charge in [-0.25, -0.2) is 0 Å².